The van der Waals surface area contributed by atoms with Crippen molar-refractivity contribution in [2.24, 2.45) is 0 Å². The van der Waals surface area contributed by atoms with Crippen molar-refractivity contribution in [3.8, 4) is 5.75 Å². The third kappa shape index (κ3) is 2.98. The van der Waals surface area contributed by atoms with E-state index >= 15 is 0 Å². The summed E-state index contributed by atoms with van der Waals surface area (Å²) in [6.07, 6.45) is 0. The number of hydrogen-bond acceptors (Lipinski definition) is 3. The first-order valence-electron chi connectivity index (χ1n) is 5.49. The van der Waals surface area contributed by atoms with Crippen LogP contribution in [0.3, 0.4) is 0 Å². The number of hydrogen-bond donors (Lipinski definition) is 2. The third-order valence-corrected chi connectivity index (χ3v) is 3.52. The van der Waals surface area contributed by atoms with Gasteiger partial charge in [0, 0.05) is 0 Å². The molecule has 4 nitrogen and oxygen atoms in total. The van der Waals surface area contributed by atoms with Gasteiger partial charge in [-0.1, -0.05) is 27.7 Å². The monoisotopic (exact) mass is 258 g/mol. The van der Waals surface area contributed by atoms with Crippen LogP contribution in [0.2, 0.25) is 0 Å². The number of rotatable bonds is 3. The van der Waals surface area contributed by atoms with Crippen LogP contribution in [-0.2, 0) is 10.1 Å². The minimum atomic E-state index is -4.24. The molecule has 96 valence electrons. The summed E-state index contributed by atoms with van der Waals surface area (Å²) in [7, 11) is -4.24. The third-order valence-electron chi connectivity index (χ3n) is 2.68. The van der Waals surface area contributed by atoms with Gasteiger partial charge in [0.1, 0.15) is 5.75 Å². The molecule has 0 fully saturated rings. The molecule has 0 aliphatic rings. The Labute approximate surface area is 102 Å². The first kappa shape index (κ1) is 14.0. The second kappa shape index (κ2) is 4.66. The lowest BCUT2D eigenvalue weighted by Gasteiger charge is -2.16. The molecule has 17 heavy (non-hydrogen) atoms. The van der Waals surface area contributed by atoms with Gasteiger partial charge in [0.2, 0.25) is 0 Å². The fourth-order valence-electron chi connectivity index (χ4n) is 1.68. The molecule has 1 aromatic rings. The minimum absolute atomic E-state index is 0.0193. The molecule has 0 bridgehead atoms. The van der Waals surface area contributed by atoms with Gasteiger partial charge in [-0.25, -0.2) is 0 Å². The van der Waals surface area contributed by atoms with Gasteiger partial charge in [0.15, 0.2) is 0 Å². The Bertz CT molecular complexity index is 486. The van der Waals surface area contributed by atoms with E-state index in [1.807, 2.05) is 27.7 Å². The van der Waals surface area contributed by atoms with Crippen LogP contribution in [0.1, 0.15) is 50.7 Å². The fraction of sp³-hybridized carbons (Fsp3) is 0.500. The second-order valence-corrected chi connectivity index (χ2v) is 6.16. The van der Waals surface area contributed by atoms with Crippen LogP contribution >= 0.6 is 0 Å². The van der Waals surface area contributed by atoms with Gasteiger partial charge < -0.3 is 5.11 Å². The summed E-state index contributed by atoms with van der Waals surface area (Å²) < 4.78 is 31.4. The SMILES string of the molecule is CC(C)c1cc(S(=O)(=O)O)cc(C(C)C)c1O. The average molecular weight is 258 g/mol. The number of phenolic OH excluding ortho intramolecular Hbond substituents is 1. The highest BCUT2D eigenvalue weighted by Gasteiger charge is 2.19. The van der Waals surface area contributed by atoms with Gasteiger partial charge in [-0.2, -0.15) is 8.42 Å². The van der Waals surface area contributed by atoms with Crippen LogP contribution < -0.4 is 0 Å². The minimum Gasteiger partial charge on any atom is -0.507 e. The van der Waals surface area contributed by atoms with E-state index in [0.717, 1.165) is 0 Å². The van der Waals surface area contributed by atoms with Gasteiger partial charge >= 0.3 is 0 Å². The van der Waals surface area contributed by atoms with Gasteiger partial charge in [0.25, 0.3) is 10.1 Å². The normalized spacial score (nSPS) is 12.4. The molecule has 0 heterocycles. The molecule has 0 aromatic heterocycles. The molecule has 0 saturated heterocycles. The molecule has 0 saturated carbocycles. The Morgan fingerprint density at radius 1 is 1.00 bits per heavy atom. The zero-order chi connectivity index (χ0) is 13.4. The van der Waals surface area contributed by atoms with Crippen molar-refractivity contribution in [3.05, 3.63) is 23.3 Å². The van der Waals surface area contributed by atoms with Gasteiger partial charge in [-0.15, -0.1) is 0 Å². The number of aromatic hydroxyl groups is 1. The zero-order valence-corrected chi connectivity index (χ0v) is 11.2. The van der Waals surface area contributed by atoms with E-state index in [9.17, 15) is 13.5 Å². The summed E-state index contributed by atoms with van der Waals surface area (Å²) in [5.41, 5.74) is 1.06. The van der Waals surface area contributed by atoms with Crippen molar-refractivity contribution < 1.29 is 18.1 Å². The Morgan fingerprint density at radius 3 is 1.59 bits per heavy atom. The maximum absolute atomic E-state index is 11.2. The molecule has 0 aliphatic heterocycles. The number of phenols is 1. The van der Waals surface area contributed by atoms with E-state index in [1.54, 1.807) is 0 Å². The van der Waals surface area contributed by atoms with Crippen molar-refractivity contribution in [2.45, 2.75) is 44.4 Å². The molecule has 5 heteroatoms. The molecule has 0 spiro atoms. The van der Waals surface area contributed by atoms with E-state index in [2.05, 4.69) is 0 Å². The summed E-state index contributed by atoms with van der Waals surface area (Å²) >= 11 is 0. The summed E-state index contributed by atoms with van der Waals surface area (Å²) in [6, 6.07) is 2.64. The van der Waals surface area contributed by atoms with Gasteiger partial charge in [-0.05, 0) is 35.1 Å². The summed E-state index contributed by atoms with van der Waals surface area (Å²) in [5, 5.41) is 10.0. The fourth-order valence-corrected chi connectivity index (χ4v) is 2.23. The molecule has 0 amide bonds. The van der Waals surface area contributed by atoms with E-state index < -0.39 is 10.1 Å². The van der Waals surface area contributed by atoms with E-state index in [4.69, 9.17) is 4.55 Å². The Morgan fingerprint density at radius 2 is 1.35 bits per heavy atom. The summed E-state index contributed by atoms with van der Waals surface area (Å²) in [5.74, 6) is 0.0748. The molecular formula is C12H18O4S. The standard InChI is InChI=1S/C12H18O4S/c1-7(2)10-5-9(17(14,15)16)6-11(8(3)4)12(10)13/h5-8,13H,1-4H3,(H,14,15,16). The van der Waals surface area contributed by atoms with Crippen LogP contribution in [0.25, 0.3) is 0 Å². The zero-order valence-electron chi connectivity index (χ0n) is 10.4. The van der Waals surface area contributed by atoms with Crippen molar-refractivity contribution in [2.75, 3.05) is 0 Å². The summed E-state index contributed by atoms with van der Waals surface area (Å²) in [4.78, 5) is -0.164. The van der Waals surface area contributed by atoms with Crippen LogP contribution in [0.15, 0.2) is 17.0 Å². The number of benzene rings is 1. The lowest BCUT2D eigenvalue weighted by Crippen LogP contribution is -2.03. The predicted octanol–water partition coefficient (Wildman–Crippen LogP) is 2.89. The van der Waals surface area contributed by atoms with E-state index in [1.165, 1.54) is 12.1 Å². The maximum Gasteiger partial charge on any atom is 0.294 e. The molecule has 0 unspecified atom stereocenters. The van der Waals surface area contributed by atoms with Crippen LogP contribution in [0, 0.1) is 0 Å². The average Bonchev–Trinajstić information content (AvgIpc) is 2.14. The second-order valence-electron chi connectivity index (χ2n) is 4.73. The Kier molecular flexibility index (Phi) is 3.84. The molecule has 0 aliphatic carbocycles. The van der Waals surface area contributed by atoms with Crippen LogP contribution in [-0.4, -0.2) is 18.1 Å². The van der Waals surface area contributed by atoms with Crippen molar-refractivity contribution in [3.63, 3.8) is 0 Å². The molecule has 1 aromatic carbocycles. The van der Waals surface area contributed by atoms with E-state index in [-0.39, 0.29) is 22.5 Å². The first-order chi connectivity index (χ1) is 7.64. The highest BCUT2D eigenvalue weighted by atomic mass is 32.2. The van der Waals surface area contributed by atoms with Gasteiger partial charge in [0.05, 0.1) is 4.90 Å². The quantitative estimate of drug-likeness (QED) is 0.817. The Balaban J connectivity index is 3.59. The first-order valence-corrected chi connectivity index (χ1v) is 6.93. The predicted molar refractivity (Wildman–Crippen MR) is 66.1 cm³/mol. The topological polar surface area (TPSA) is 74.6 Å². The smallest absolute Gasteiger partial charge is 0.294 e. The Hall–Kier alpha value is -1.07. The van der Waals surface area contributed by atoms with Crippen molar-refractivity contribution in [1.82, 2.24) is 0 Å². The highest BCUT2D eigenvalue weighted by Crippen LogP contribution is 2.35. The highest BCUT2D eigenvalue weighted by molar-refractivity contribution is 7.85. The molecule has 1 rings (SSSR count). The molecule has 2 N–H and O–H groups in total. The summed E-state index contributed by atoms with van der Waals surface area (Å²) in [6.45, 7) is 7.42. The lowest BCUT2D eigenvalue weighted by atomic mass is 9.94. The van der Waals surface area contributed by atoms with Crippen molar-refractivity contribution >= 4 is 10.1 Å². The van der Waals surface area contributed by atoms with Gasteiger partial charge in [-0.3, -0.25) is 4.55 Å². The van der Waals surface area contributed by atoms with Crippen LogP contribution in [0.4, 0.5) is 0 Å². The maximum atomic E-state index is 11.2. The molecular weight excluding hydrogens is 240 g/mol. The van der Waals surface area contributed by atoms with Crippen LogP contribution in [0.5, 0.6) is 5.75 Å². The largest absolute Gasteiger partial charge is 0.507 e. The molecule has 0 radical (unpaired) electrons. The van der Waals surface area contributed by atoms with Crippen molar-refractivity contribution in [1.29, 1.82) is 0 Å². The van der Waals surface area contributed by atoms with E-state index in [0.29, 0.717) is 11.1 Å². The lowest BCUT2D eigenvalue weighted by molar-refractivity contribution is 0.452. The molecule has 0 atom stereocenters.